The minimum absolute atomic E-state index is 0.153. The molecule has 0 bridgehead atoms. The molecule has 0 unspecified atom stereocenters. The smallest absolute Gasteiger partial charge is 0.0750 e. The van der Waals surface area contributed by atoms with Crippen molar-refractivity contribution in [3.63, 3.8) is 0 Å². The lowest BCUT2D eigenvalue weighted by molar-refractivity contribution is -0.0133. The fraction of sp³-hybridized carbons (Fsp3) is 1.00. The standard InChI is InChI=1S/C10H23NO2/c1-6-13-10(4,5)8-11-7-9(2,3)12/h11-12H,6-8H2,1-5H3. The molecule has 80 valence electrons. The van der Waals surface area contributed by atoms with Crippen LogP contribution in [0.25, 0.3) is 0 Å². The van der Waals surface area contributed by atoms with Crippen LogP contribution in [0.15, 0.2) is 0 Å². The van der Waals surface area contributed by atoms with E-state index in [-0.39, 0.29) is 5.60 Å². The molecule has 0 aliphatic carbocycles. The Kier molecular flexibility index (Phi) is 4.89. The van der Waals surface area contributed by atoms with E-state index >= 15 is 0 Å². The van der Waals surface area contributed by atoms with E-state index in [1.807, 2.05) is 20.8 Å². The molecule has 0 rings (SSSR count). The van der Waals surface area contributed by atoms with Crippen molar-refractivity contribution in [2.75, 3.05) is 19.7 Å². The van der Waals surface area contributed by atoms with Crippen LogP contribution < -0.4 is 5.32 Å². The molecule has 13 heavy (non-hydrogen) atoms. The van der Waals surface area contributed by atoms with Crippen LogP contribution in [-0.2, 0) is 4.74 Å². The molecule has 0 saturated heterocycles. The van der Waals surface area contributed by atoms with E-state index in [9.17, 15) is 5.11 Å². The lowest BCUT2D eigenvalue weighted by Crippen LogP contribution is -2.43. The van der Waals surface area contributed by atoms with Crippen molar-refractivity contribution >= 4 is 0 Å². The summed E-state index contributed by atoms with van der Waals surface area (Å²) in [5.74, 6) is 0. The first-order valence-corrected chi connectivity index (χ1v) is 4.84. The molecule has 0 aliphatic rings. The average molecular weight is 189 g/mol. The second-order valence-electron chi connectivity index (χ2n) is 4.61. The first kappa shape index (κ1) is 12.9. The highest BCUT2D eigenvalue weighted by Crippen LogP contribution is 2.07. The van der Waals surface area contributed by atoms with Gasteiger partial charge in [-0.1, -0.05) is 0 Å². The molecule has 0 aromatic heterocycles. The van der Waals surface area contributed by atoms with E-state index in [0.717, 1.165) is 13.2 Å². The van der Waals surface area contributed by atoms with Gasteiger partial charge in [0.15, 0.2) is 0 Å². The van der Waals surface area contributed by atoms with Crippen molar-refractivity contribution in [2.45, 2.75) is 45.8 Å². The molecule has 0 aromatic carbocycles. The Morgan fingerprint density at radius 1 is 1.15 bits per heavy atom. The third-order valence-electron chi connectivity index (χ3n) is 1.64. The van der Waals surface area contributed by atoms with E-state index < -0.39 is 5.60 Å². The maximum atomic E-state index is 9.44. The zero-order valence-corrected chi connectivity index (χ0v) is 9.48. The van der Waals surface area contributed by atoms with Crippen LogP contribution in [0.5, 0.6) is 0 Å². The number of hydrogen-bond acceptors (Lipinski definition) is 3. The molecule has 3 nitrogen and oxygen atoms in total. The molecule has 0 radical (unpaired) electrons. The Morgan fingerprint density at radius 2 is 1.69 bits per heavy atom. The van der Waals surface area contributed by atoms with E-state index in [1.165, 1.54) is 0 Å². The number of nitrogens with one attached hydrogen (secondary N) is 1. The van der Waals surface area contributed by atoms with Gasteiger partial charge in [0.1, 0.15) is 0 Å². The third-order valence-corrected chi connectivity index (χ3v) is 1.64. The summed E-state index contributed by atoms with van der Waals surface area (Å²) in [6, 6.07) is 0. The highest BCUT2D eigenvalue weighted by molar-refractivity contribution is 4.75. The minimum atomic E-state index is -0.651. The van der Waals surface area contributed by atoms with Crippen LogP contribution >= 0.6 is 0 Å². The highest BCUT2D eigenvalue weighted by atomic mass is 16.5. The minimum Gasteiger partial charge on any atom is -0.389 e. The predicted octanol–water partition coefficient (Wildman–Crippen LogP) is 1.16. The van der Waals surface area contributed by atoms with Gasteiger partial charge in [-0.05, 0) is 34.6 Å². The highest BCUT2D eigenvalue weighted by Gasteiger charge is 2.19. The van der Waals surface area contributed by atoms with Gasteiger partial charge in [-0.2, -0.15) is 0 Å². The fourth-order valence-corrected chi connectivity index (χ4v) is 1.11. The summed E-state index contributed by atoms with van der Waals surface area (Å²) in [5.41, 5.74) is -0.803. The zero-order chi connectivity index (χ0) is 10.5. The van der Waals surface area contributed by atoms with Gasteiger partial charge in [0.2, 0.25) is 0 Å². The van der Waals surface area contributed by atoms with Gasteiger partial charge in [0.05, 0.1) is 11.2 Å². The summed E-state index contributed by atoms with van der Waals surface area (Å²) in [7, 11) is 0. The second-order valence-corrected chi connectivity index (χ2v) is 4.61. The van der Waals surface area contributed by atoms with Crippen LogP contribution in [0, 0.1) is 0 Å². The van der Waals surface area contributed by atoms with Crippen LogP contribution in [0.4, 0.5) is 0 Å². The van der Waals surface area contributed by atoms with Crippen molar-refractivity contribution in [3.05, 3.63) is 0 Å². The topological polar surface area (TPSA) is 41.5 Å². The Balaban J connectivity index is 3.63. The predicted molar refractivity (Wildman–Crippen MR) is 54.9 cm³/mol. The Labute approximate surface area is 81.5 Å². The zero-order valence-electron chi connectivity index (χ0n) is 9.48. The summed E-state index contributed by atoms with van der Waals surface area (Å²) in [6.07, 6.45) is 0. The summed E-state index contributed by atoms with van der Waals surface area (Å²) in [5, 5.41) is 12.6. The fourth-order valence-electron chi connectivity index (χ4n) is 1.11. The quantitative estimate of drug-likeness (QED) is 0.659. The molecule has 0 atom stereocenters. The molecule has 3 heteroatoms. The summed E-state index contributed by atoms with van der Waals surface area (Å²) < 4.78 is 5.50. The van der Waals surface area contributed by atoms with E-state index in [4.69, 9.17) is 4.74 Å². The van der Waals surface area contributed by atoms with E-state index in [2.05, 4.69) is 5.32 Å². The van der Waals surface area contributed by atoms with Crippen LogP contribution in [0.2, 0.25) is 0 Å². The molecule has 0 saturated carbocycles. The van der Waals surface area contributed by atoms with Gasteiger partial charge in [0, 0.05) is 19.7 Å². The van der Waals surface area contributed by atoms with Crippen molar-refractivity contribution in [3.8, 4) is 0 Å². The SMILES string of the molecule is CCOC(C)(C)CNCC(C)(C)O. The van der Waals surface area contributed by atoms with Crippen molar-refractivity contribution in [1.82, 2.24) is 5.32 Å². The molecule has 0 heterocycles. The molecule has 0 amide bonds. The molecular weight excluding hydrogens is 166 g/mol. The maximum Gasteiger partial charge on any atom is 0.0750 e. The average Bonchev–Trinajstić information content (AvgIpc) is 1.82. The van der Waals surface area contributed by atoms with Gasteiger partial charge in [-0.15, -0.1) is 0 Å². The van der Waals surface area contributed by atoms with Gasteiger partial charge in [-0.25, -0.2) is 0 Å². The molecular formula is C10H23NO2. The van der Waals surface area contributed by atoms with Crippen LogP contribution in [0.3, 0.4) is 0 Å². The third kappa shape index (κ3) is 8.22. The normalized spacial score (nSPS) is 13.4. The number of hydrogen-bond donors (Lipinski definition) is 2. The molecule has 0 spiro atoms. The summed E-state index contributed by atoms with van der Waals surface area (Å²) in [4.78, 5) is 0. The molecule has 0 aliphatic heterocycles. The molecule has 2 N–H and O–H groups in total. The van der Waals surface area contributed by atoms with Gasteiger partial charge < -0.3 is 15.2 Å². The first-order valence-electron chi connectivity index (χ1n) is 4.84. The van der Waals surface area contributed by atoms with Crippen molar-refractivity contribution < 1.29 is 9.84 Å². The number of aliphatic hydroxyl groups is 1. The largest absolute Gasteiger partial charge is 0.389 e. The van der Waals surface area contributed by atoms with Crippen molar-refractivity contribution in [2.24, 2.45) is 0 Å². The second kappa shape index (κ2) is 4.94. The van der Waals surface area contributed by atoms with Gasteiger partial charge >= 0.3 is 0 Å². The summed E-state index contributed by atoms with van der Waals surface area (Å²) in [6.45, 7) is 11.7. The molecule has 0 aromatic rings. The van der Waals surface area contributed by atoms with Crippen LogP contribution in [-0.4, -0.2) is 36.0 Å². The van der Waals surface area contributed by atoms with E-state index in [1.54, 1.807) is 13.8 Å². The van der Waals surface area contributed by atoms with Crippen molar-refractivity contribution in [1.29, 1.82) is 0 Å². The number of ether oxygens (including phenoxy) is 1. The Bertz CT molecular complexity index is 138. The summed E-state index contributed by atoms with van der Waals surface area (Å²) >= 11 is 0. The maximum absolute atomic E-state index is 9.44. The monoisotopic (exact) mass is 189 g/mol. The van der Waals surface area contributed by atoms with Gasteiger partial charge in [0.25, 0.3) is 0 Å². The Morgan fingerprint density at radius 3 is 2.08 bits per heavy atom. The lowest BCUT2D eigenvalue weighted by Gasteiger charge is -2.27. The number of rotatable bonds is 6. The van der Waals surface area contributed by atoms with E-state index in [0.29, 0.717) is 6.54 Å². The van der Waals surface area contributed by atoms with Crippen LogP contribution in [0.1, 0.15) is 34.6 Å². The lowest BCUT2D eigenvalue weighted by atomic mass is 10.1. The Hall–Kier alpha value is -0.120. The van der Waals surface area contributed by atoms with Gasteiger partial charge in [-0.3, -0.25) is 0 Å². The molecule has 0 fully saturated rings. The first-order chi connectivity index (χ1) is 5.77.